The molecule has 0 spiro atoms. The van der Waals surface area contributed by atoms with Gasteiger partial charge in [0.2, 0.25) is 5.78 Å². The van der Waals surface area contributed by atoms with Gasteiger partial charge in [-0.3, -0.25) is 4.79 Å². The number of H-pyrrole nitrogens is 1. The van der Waals surface area contributed by atoms with Crippen molar-refractivity contribution in [3.8, 4) is 0 Å². The van der Waals surface area contributed by atoms with Crippen LogP contribution >= 0.6 is 27.3 Å². The summed E-state index contributed by atoms with van der Waals surface area (Å²) in [6, 6.07) is 9.74. The lowest BCUT2D eigenvalue weighted by Gasteiger charge is -1.95. The fourth-order valence-electron chi connectivity index (χ4n) is 1.96. The number of ketones is 1. The van der Waals surface area contributed by atoms with Gasteiger partial charge in [-0.25, -0.2) is 0 Å². The molecule has 2 aromatic heterocycles. The second-order valence-corrected chi connectivity index (χ2v) is 6.20. The Kier molecular flexibility index (Phi) is 2.84. The summed E-state index contributed by atoms with van der Waals surface area (Å²) in [5.74, 6) is 0.0752. The molecule has 0 unspecified atom stereocenters. The summed E-state index contributed by atoms with van der Waals surface area (Å²) in [6.07, 6.45) is 1.79. The lowest BCUT2D eigenvalue weighted by Crippen LogP contribution is -1.96. The molecule has 0 saturated heterocycles. The van der Waals surface area contributed by atoms with E-state index in [2.05, 4.69) is 20.9 Å². The van der Waals surface area contributed by atoms with Gasteiger partial charge in [-0.05, 0) is 35.0 Å². The van der Waals surface area contributed by atoms with Crippen LogP contribution in [0.1, 0.15) is 20.1 Å². The standard InChI is InChI=1S/C14H10BrNOS/c1-8-11(15)6-13(18-8)14(17)10-7-16-12-5-3-2-4-9(10)12/h2-7,16H,1H3. The van der Waals surface area contributed by atoms with Crippen LogP contribution in [0.2, 0.25) is 0 Å². The van der Waals surface area contributed by atoms with Gasteiger partial charge in [0.1, 0.15) is 0 Å². The van der Waals surface area contributed by atoms with Crippen LogP contribution in [0, 0.1) is 6.92 Å². The fourth-order valence-corrected chi connectivity index (χ4v) is 3.45. The first-order valence-electron chi connectivity index (χ1n) is 5.53. The minimum absolute atomic E-state index is 0.0752. The van der Waals surface area contributed by atoms with Crippen molar-refractivity contribution in [1.82, 2.24) is 4.98 Å². The highest BCUT2D eigenvalue weighted by molar-refractivity contribution is 9.10. The van der Waals surface area contributed by atoms with Crippen molar-refractivity contribution < 1.29 is 4.79 Å². The predicted molar refractivity (Wildman–Crippen MR) is 78.5 cm³/mol. The molecule has 2 nitrogen and oxygen atoms in total. The number of aryl methyl sites for hydroxylation is 1. The number of rotatable bonds is 2. The van der Waals surface area contributed by atoms with Crippen LogP contribution in [0.3, 0.4) is 0 Å². The molecule has 0 saturated carbocycles. The van der Waals surface area contributed by atoms with Gasteiger partial charge < -0.3 is 4.98 Å². The molecule has 0 aliphatic carbocycles. The smallest absolute Gasteiger partial charge is 0.205 e. The number of carbonyl (C=O) groups is 1. The lowest BCUT2D eigenvalue weighted by atomic mass is 10.1. The van der Waals surface area contributed by atoms with Gasteiger partial charge in [0, 0.05) is 32.0 Å². The Morgan fingerprint density at radius 1 is 1.33 bits per heavy atom. The molecular weight excluding hydrogens is 310 g/mol. The topological polar surface area (TPSA) is 32.9 Å². The number of aromatic amines is 1. The molecule has 0 aliphatic heterocycles. The predicted octanol–water partition coefficient (Wildman–Crippen LogP) is 4.53. The van der Waals surface area contributed by atoms with Crippen molar-refractivity contribution in [2.45, 2.75) is 6.92 Å². The molecule has 2 heterocycles. The average Bonchev–Trinajstić information content (AvgIpc) is 2.93. The van der Waals surface area contributed by atoms with Crippen LogP contribution in [0.25, 0.3) is 10.9 Å². The summed E-state index contributed by atoms with van der Waals surface area (Å²) in [5.41, 5.74) is 1.73. The van der Waals surface area contributed by atoms with Gasteiger partial charge in [-0.2, -0.15) is 0 Å². The number of carbonyl (C=O) groups excluding carboxylic acids is 1. The molecule has 0 radical (unpaired) electrons. The van der Waals surface area contributed by atoms with Crippen LogP contribution in [0.15, 0.2) is 41.0 Å². The molecule has 0 bridgehead atoms. The third-order valence-corrected chi connectivity index (χ3v) is 5.05. The van der Waals surface area contributed by atoms with E-state index in [0.29, 0.717) is 0 Å². The Morgan fingerprint density at radius 2 is 2.11 bits per heavy atom. The van der Waals surface area contributed by atoms with E-state index in [1.165, 1.54) is 11.3 Å². The number of thiophene rings is 1. The van der Waals surface area contributed by atoms with Crippen molar-refractivity contribution in [2.75, 3.05) is 0 Å². The highest BCUT2D eigenvalue weighted by Gasteiger charge is 2.16. The summed E-state index contributed by atoms with van der Waals surface area (Å²) >= 11 is 4.97. The first kappa shape index (κ1) is 11.7. The maximum absolute atomic E-state index is 12.5. The number of hydrogen-bond acceptors (Lipinski definition) is 2. The number of halogens is 1. The number of fused-ring (bicyclic) bond motifs is 1. The highest BCUT2D eigenvalue weighted by Crippen LogP contribution is 2.29. The second-order valence-electron chi connectivity index (χ2n) is 4.09. The quantitative estimate of drug-likeness (QED) is 0.691. The van der Waals surface area contributed by atoms with Gasteiger partial charge in [0.15, 0.2) is 0 Å². The molecular formula is C14H10BrNOS. The Bertz CT molecular complexity index is 722. The van der Waals surface area contributed by atoms with E-state index in [4.69, 9.17) is 0 Å². The van der Waals surface area contributed by atoms with Gasteiger partial charge in [-0.15, -0.1) is 11.3 Å². The lowest BCUT2D eigenvalue weighted by molar-refractivity contribution is 0.104. The average molecular weight is 320 g/mol. The normalized spacial score (nSPS) is 11.0. The monoisotopic (exact) mass is 319 g/mol. The Morgan fingerprint density at radius 3 is 2.83 bits per heavy atom. The van der Waals surface area contributed by atoms with Gasteiger partial charge in [0.25, 0.3) is 0 Å². The van der Waals surface area contributed by atoms with E-state index >= 15 is 0 Å². The minimum Gasteiger partial charge on any atom is -0.360 e. The molecule has 0 aliphatic rings. The van der Waals surface area contributed by atoms with Crippen molar-refractivity contribution in [2.24, 2.45) is 0 Å². The number of benzene rings is 1. The summed E-state index contributed by atoms with van der Waals surface area (Å²) < 4.78 is 0.996. The van der Waals surface area contributed by atoms with E-state index in [9.17, 15) is 4.79 Å². The summed E-state index contributed by atoms with van der Waals surface area (Å²) in [4.78, 5) is 17.5. The van der Waals surface area contributed by atoms with Gasteiger partial charge in [0.05, 0.1) is 4.88 Å². The van der Waals surface area contributed by atoms with Crippen LogP contribution < -0.4 is 0 Å². The first-order valence-corrected chi connectivity index (χ1v) is 7.14. The third kappa shape index (κ3) is 1.82. The van der Waals surface area contributed by atoms with E-state index in [-0.39, 0.29) is 5.78 Å². The number of nitrogens with one attached hydrogen (secondary N) is 1. The highest BCUT2D eigenvalue weighted by atomic mass is 79.9. The zero-order chi connectivity index (χ0) is 12.7. The molecule has 90 valence electrons. The molecule has 4 heteroatoms. The van der Waals surface area contributed by atoms with Crippen molar-refractivity contribution >= 4 is 44.0 Å². The molecule has 18 heavy (non-hydrogen) atoms. The molecule has 0 atom stereocenters. The molecule has 3 rings (SSSR count). The van der Waals surface area contributed by atoms with Gasteiger partial charge in [-0.1, -0.05) is 18.2 Å². The van der Waals surface area contributed by atoms with Crippen molar-refractivity contribution in [3.63, 3.8) is 0 Å². The van der Waals surface area contributed by atoms with Crippen LogP contribution in [-0.2, 0) is 0 Å². The minimum atomic E-state index is 0.0752. The Labute approximate surface area is 117 Å². The Balaban J connectivity index is 2.12. The fraction of sp³-hybridized carbons (Fsp3) is 0.0714. The number of aromatic nitrogens is 1. The maximum atomic E-state index is 12.5. The summed E-state index contributed by atoms with van der Waals surface area (Å²) in [5, 5.41) is 0.977. The van der Waals surface area contributed by atoms with Crippen LogP contribution in [0.5, 0.6) is 0 Å². The van der Waals surface area contributed by atoms with E-state index < -0.39 is 0 Å². The largest absolute Gasteiger partial charge is 0.360 e. The van der Waals surface area contributed by atoms with E-state index in [1.807, 2.05) is 37.3 Å². The van der Waals surface area contributed by atoms with E-state index in [0.717, 1.165) is 30.7 Å². The zero-order valence-corrected chi connectivity index (χ0v) is 12.1. The molecule has 3 aromatic rings. The Hall–Kier alpha value is -1.39. The SMILES string of the molecule is Cc1sc(C(=O)c2c[nH]c3ccccc23)cc1Br. The summed E-state index contributed by atoms with van der Waals surface area (Å²) in [7, 11) is 0. The molecule has 0 amide bonds. The van der Waals surface area contributed by atoms with Crippen LogP contribution in [0.4, 0.5) is 0 Å². The number of hydrogen-bond donors (Lipinski definition) is 1. The third-order valence-electron chi connectivity index (χ3n) is 2.91. The zero-order valence-electron chi connectivity index (χ0n) is 9.66. The molecule has 0 fully saturated rings. The number of para-hydroxylation sites is 1. The van der Waals surface area contributed by atoms with E-state index in [1.54, 1.807) is 6.20 Å². The molecule has 1 N–H and O–H groups in total. The van der Waals surface area contributed by atoms with Gasteiger partial charge >= 0.3 is 0 Å². The summed E-state index contributed by atoms with van der Waals surface area (Å²) in [6.45, 7) is 2.00. The van der Waals surface area contributed by atoms with Crippen molar-refractivity contribution in [3.05, 3.63) is 56.3 Å². The second kappa shape index (κ2) is 4.37. The van der Waals surface area contributed by atoms with Crippen LogP contribution in [-0.4, -0.2) is 10.8 Å². The molecule has 1 aromatic carbocycles. The maximum Gasteiger partial charge on any atom is 0.205 e. The first-order chi connectivity index (χ1) is 8.66. The van der Waals surface area contributed by atoms with Crippen molar-refractivity contribution in [1.29, 1.82) is 0 Å².